The highest BCUT2D eigenvalue weighted by Gasteiger charge is 2.23. The van der Waals surface area contributed by atoms with Crippen molar-refractivity contribution in [3.05, 3.63) is 18.5 Å². The molecule has 2 aliphatic rings. The van der Waals surface area contributed by atoms with Gasteiger partial charge in [-0.25, -0.2) is 9.97 Å². The van der Waals surface area contributed by atoms with Crippen LogP contribution in [0.5, 0.6) is 0 Å². The summed E-state index contributed by atoms with van der Waals surface area (Å²) in [7, 11) is 2.21. The predicted octanol–water partition coefficient (Wildman–Crippen LogP) is 0.658. The molecule has 0 aromatic carbocycles. The molecule has 1 aromatic rings. The van der Waals surface area contributed by atoms with Crippen LogP contribution in [-0.4, -0.2) is 84.6 Å². The molecule has 1 atom stereocenters. The SMILES string of the molecule is CCNC(=NCC1CCCN1C)N1CCN(c2ncccn2)CC1. The Morgan fingerprint density at radius 2 is 1.96 bits per heavy atom. The maximum atomic E-state index is 4.91. The first-order valence-corrected chi connectivity index (χ1v) is 9.03. The van der Waals surface area contributed by atoms with Crippen molar-refractivity contribution in [2.75, 3.05) is 57.8 Å². The molecular formula is C17H29N7. The highest BCUT2D eigenvalue weighted by Crippen LogP contribution is 2.15. The monoisotopic (exact) mass is 331 g/mol. The van der Waals surface area contributed by atoms with Gasteiger partial charge in [-0.3, -0.25) is 4.99 Å². The number of likely N-dealkylation sites (N-methyl/N-ethyl adjacent to an activating group) is 1. The molecule has 2 aliphatic heterocycles. The van der Waals surface area contributed by atoms with Crippen molar-refractivity contribution in [3.63, 3.8) is 0 Å². The van der Waals surface area contributed by atoms with Gasteiger partial charge < -0.3 is 20.0 Å². The van der Waals surface area contributed by atoms with Gasteiger partial charge in [0.25, 0.3) is 0 Å². The van der Waals surface area contributed by atoms with E-state index in [1.54, 1.807) is 12.4 Å². The van der Waals surface area contributed by atoms with Crippen LogP contribution in [0.2, 0.25) is 0 Å². The van der Waals surface area contributed by atoms with E-state index in [-0.39, 0.29) is 0 Å². The first kappa shape index (κ1) is 17.0. The number of hydrogen-bond donors (Lipinski definition) is 1. The number of likely N-dealkylation sites (tertiary alicyclic amines) is 1. The lowest BCUT2D eigenvalue weighted by Crippen LogP contribution is -2.53. The molecule has 7 heteroatoms. The Morgan fingerprint density at radius 1 is 1.21 bits per heavy atom. The predicted molar refractivity (Wildman–Crippen MR) is 97.4 cm³/mol. The summed E-state index contributed by atoms with van der Waals surface area (Å²) < 4.78 is 0. The lowest BCUT2D eigenvalue weighted by atomic mass is 10.2. The zero-order chi connectivity index (χ0) is 16.8. The number of hydrogen-bond acceptors (Lipinski definition) is 5. The fourth-order valence-electron chi connectivity index (χ4n) is 3.40. The Labute approximate surface area is 144 Å². The van der Waals surface area contributed by atoms with Crippen molar-refractivity contribution in [2.24, 2.45) is 4.99 Å². The summed E-state index contributed by atoms with van der Waals surface area (Å²) >= 11 is 0. The van der Waals surface area contributed by atoms with Crippen molar-refractivity contribution in [3.8, 4) is 0 Å². The number of rotatable bonds is 4. The average Bonchev–Trinajstić information content (AvgIpc) is 3.04. The van der Waals surface area contributed by atoms with E-state index in [4.69, 9.17) is 4.99 Å². The molecule has 1 unspecified atom stereocenters. The normalized spacial score (nSPS) is 22.9. The Bertz CT molecular complexity index is 525. The minimum atomic E-state index is 0.595. The highest BCUT2D eigenvalue weighted by molar-refractivity contribution is 5.80. The van der Waals surface area contributed by atoms with E-state index in [0.29, 0.717) is 6.04 Å². The lowest BCUT2D eigenvalue weighted by Gasteiger charge is -2.36. The standard InChI is InChI=1S/C17H29N7/c1-3-18-16(21-14-15-6-4-9-22(15)2)23-10-12-24(13-11-23)17-19-7-5-8-20-17/h5,7-8,15H,3-4,6,9-14H2,1-2H3,(H,18,21). The van der Waals surface area contributed by atoms with Crippen LogP contribution in [-0.2, 0) is 0 Å². The van der Waals surface area contributed by atoms with E-state index in [2.05, 4.69) is 44.0 Å². The van der Waals surface area contributed by atoms with Crippen LogP contribution in [0.15, 0.2) is 23.5 Å². The van der Waals surface area contributed by atoms with Gasteiger partial charge in [0.05, 0.1) is 6.54 Å². The zero-order valence-corrected chi connectivity index (χ0v) is 14.9. The maximum Gasteiger partial charge on any atom is 0.225 e. The van der Waals surface area contributed by atoms with Crippen molar-refractivity contribution in [2.45, 2.75) is 25.8 Å². The Morgan fingerprint density at radius 3 is 2.58 bits per heavy atom. The number of guanidine groups is 1. The number of aromatic nitrogens is 2. The summed E-state index contributed by atoms with van der Waals surface area (Å²) in [5.41, 5.74) is 0. The van der Waals surface area contributed by atoms with Crippen LogP contribution in [0.1, 0.15) is 19.8 Å². The minimum Gasteiger partial charge on any atom is -0.357 e. The molecule has 3 heterocycles. The molecule has 3 rings (SSSR count). The van der Waals surface area contributed by atoms with Crippen LogP contribution in [0.25, 0.3) is 0 Å². The molecule has 2 saturated heterocycles. The van der Waals surface area contributed by atoms with Crippen LogP contribution in [0, 0.1) is 0 Å². The fraction of sp³-hybridized carbons (Fsp3) is 0.706. The number of aliphatic imine (C=N–C) groups is 1. The lowest BCUT2D eigenvalue weighted by molar-refractivity contribution is 0.314. The zero-order valence-electron chi connectivity index (χ0n) is 14.9. The number of piperazine rings is 1. The van der Waals surface area contributed by atoms with Crippen molar-refractivity contribution >= 4 is 11.9 Å². The summed E-state index contributed by atoms with van der Waals surface area (Å²) in [5.74, 6) is 1.87. The first-order valence-electron chi connectivity index (χ1n) is 9.03. The number of nitrogens with zero attached hydrogens (tertiary/aromatic N) is 6. The van der Waals surface area contributed by atoms with Gasteiger partial charge in [0.15, 0.2) is 5.96 Å². The number of anilines is 1. The van der Waals surface area contributed by atoms with E-state index in [9.17, 15) is 0 Å². The molecule has 132 valence electrons. The molecule has 0 saturated carbocycles. The fourth-order valence-corrected chi connectivity index (χ4v) is 3.40. The Kier molecular flexibility index (Phi) is 5.85. The third kappa shape index (κ3) is 4.14. The third-order valence-electron chi connectivity index (χ3n) is 4.87. The van der Waals surface area contributed by atoms with Gasteiger partial charge in [-0.2, -0.15) is 0 Å². The van der Waals surface area contributed by atoms with Gasteiger partial charge in [-0.15, -0.1) is 0 Å². The van der Waals surface area contributed by atoms with Crippen molar-refractivity contribution in [1.29, 1.82) is 0 Å². The van der Waals surface area contributed by atoms with Gasteiger partial charge in [0, 0.05) is 51.2 Å². The largest absolute Gasteiger partial charge is 0.357 e. The minimum absolute atomic E-state index is 0.595. The van der Waals surface area contributed by atoms with Gasteiger partial charge in [0.2, 0.25) is 5.95 Å². The molecule has 24 heavy (non-hydrogen) atoms. The van der Waals surface area contributed by atoms with Gasteiger partial charge in [-0.1, -0.05) is 0 Å². The molecular weight excluding hydrogens is 302 g/mol. The second kappa shape index (κ2) is 8.28. The molecule has 0 radical (unpaired) electrons. The van der Waals surface area contributed by atoms with Gasteiger partial charge >= 0.3 is 0 Å². The van der Waals surface area contributed by atoms with Crippen LogP contribution < -0.4 is 10.2 Å². The smallest absolute Gasteiger partial charge is 0.225 e. The summed E-state index contributed by atoms with van der Waals surface area (Å²) in [6.07, 6.45) is 6.16. The summed E-state index contributed by atoms with van der Waals surface area (Å²) in [6, 6.07) is 2.45. The second-order valence-electron chi connectivity index (χ2n) is 6.49. The van der Waals surface area contributed by atoms with E-state index in [1.807, 2.05) is 6.07 Å². The Balaban J connectivity index is 1.57. The topological polar surface area (TPSA) is 59.9 Å². The highest BCUT2D eigenvalue weighted by atomic mass is 15.4. The molecule has 1 aromatic heterocycles. The third-order valence-corrected chi connectivity index (χ3v) is 4.87. The van der Waals surface area contributed by atoms with Crippen molar-refractivity contribution in [1.82, 2.24) is 25.1 Å². The quantitative estimate of drug-likeness (QED) is 0.646. The van der Waals surface area contributed by atoms with Crippen molar-refractivity contribution < 1.29 is 0 Å². The molecule has 0 spiro atoms. The molecule has 1 N–H and O–H groups in total. The number of nitrogens with one attached hydrogen (secondary N) is 1. The van der Waals surface area contributed by atoms with Gasteiger partial charge in [0.1, 0.15) is 0 Å². The van der Waals surface area contributed by atoms with E-state index in [0.717, 1.165) is 51.2 Å². The summed E-state index contributed by atoms with van der Waals surface area (Å²) in [5, 5.41) is 3.45. The average molecular weight is 331 g/mol. The van der Waals surface area contributed by atoms with E-state index < -0.39 is 0 Å². The second-order valence-corrected chi connectivity index (χ2v) is 6.49. The Hall–Kier alpha value is -1.89. The maximum absolute atomic E-state index is 4.91. The van der Waals surface area contributed by atoms with Crippen LogP contribution >= 0.6 is 0 Å². The summed E-state index contributed by atoms with van der Waals surface area (Å²) in [6.45, 7) is 8.88. The first-order chi connectivity index (χ1) is 11.8. The van der Waals surface area contributed by atoms with E-state index in [1.165, 1.54) is 19.4 Å². The van der Waals surface area contributed by atoms with Gasteiger partial charge in [-0.05, 0) is 39.4 Å². The van der Waals surface area contributed by atoms with Crippen LogP contribution in [0.3, 0.4) is 0 Å². The summed E-state index contributed by atoms with van der Waals surface area (Å²) in [4.78, 5) is 20.6. The molecule has 0 amide bonds. The molecule has 7 nitrogen and oxygen atoms in total. The molecule has 0 bridgehead atoms. The van der Waals surface area contributed by atoms with E-state index >= 15 is 0 Å². The van der Waals surface area contributed by atoms with Crippen LogP contribution in [0.4, 0.5) is 5.95 Å². The molecule has 2 fully saturated rings. The molecule has 0 aliphatic carbocycles.